The Labute approximate surface area is 124 Å². The molecule has 2 aromatic rings. The third-order valence-corrected chi connectivity index (χ3v) is 2.75. The molecular formula is C14H19N5O2. The molecule has 0 aliphatic heterocycles. The topological polar surface area (TPSA) is 72.4 Å². The molecule has 0 amide bonds. The molecule has 0 radical (unpaired) electrons. The van der Waals surface area contributed by atoms with Gasteiger partial charge < -0.3 is 19.7 Å². The van der Waals surface area contributed by atoms with Crippen molar-refractivity contribution in [3.05, 3.63) is 23.8 Å². The van der Waals surface area contributed by atoms with Crippen molar-refractivity contribution >= 4 is 11.9 Å². The molecule has 1 aromatic carbocycles. The van der Waals surface area contributed by atoms with Gasteiger partial charge in [0.05, 0.1) is 7.11 Å². The second-order valence-corrected chi connectivity index (χ2v) is 4.64. The number of aryl methyl sites for hydroxylation is 1. The zero-order chi connectivity index (χ0) is 15.4. The van der Waals surface area contributed by atoms with Crippen LogP contribution < -0.4 is 19.7 Å². The van der Waals surface area contributed by atoms with Gasteiger partial charge in [0, 0.05) is 21.1 Å². The van der Waals surface area contributed by atoms with E-state index >= 15 is 0 Å². The summed E-state index contributed by atoms with van der Waals surface area (Å²) in [6.07, 6.45) is 0. The maximum absolute atomic E-state index is 5.73. The molecule has 0 aliphatic rings. The molecule has 0 aliphatic carbocycles. The second-order valence-electron chi connectivity index (χ2n) is 4.64. The minimum absolute atomic E-state index is 0.209. The third kappa shape index (κ3) is 3.50. The number of nitrogens with zero attached hydrogens (tertiary/aromatic N) is 4. The molecule has 0 unspecified atom stereocenters. The molecule has 112 valence electrons. The summed E-state index contributed by atoms with van der Waals surface area (Å²) in [5.74, 6) is 2.14. The zero-order valence-corrected chi connectivity index (χ0v) is 12.8. The number of hydrogen-bond acceptors (Lipinski definition) is 7. The summed E-state index contributed by atoms with van der Waals surface area (Å²) in [6, 6.07) is 5.86. The first-order valence-electron chi connectivity index (χ1n) is 6.47. The number of rotatable bonds is 5. The molecule has 2 rings (SSSR count). The van der Waals surface area contributed by atoms with Gasteiger partial charge in [-0.3, -0.25) is 0 Å². The molecule has 0 spiro atoms. The van der Waals surface area contributed by atoms with Crippen LogP contribution in [-0.2, 0) is 0 Å². The first-order valence-corrected chi connectivity index (χ1v) is 6.47. The molecule has 1 N–H and O–H groups in total. The van der Waals surface area contributed by atoms with E-state index in [1.54, 1.807) is 19.1 Å². The van der Waals surface area contributed by atoms with E-state index in [0.29, 0.717) is 23.4 Å². The summed E-state index contributed by atoms with van der Waals surface area (Å²) < 4.78 is 11.0. The number of hydrogen-bond donors (Lipinski definition) is 1. The van der Waals surface area contributed by atoms with Crippen molar-refractivity contribution in [2.75, 3.05) is 38.5 Å². The molecule has 0 fully saturated rings. The molecule has 0 saturated heterocycles. The van der Waals surface area contributed by atoms with Crippen molar-refractivity contribution in [3.8, 4) is 17.5 Å². The standard InChI is InChI=1S/C14H19N5O2/c1-9-6-7-10(11(8-9)20-5)21-14-17-12(15-2)16-13(18-14)19(3)4/h6-8H,1-5H3,(H,15,16,17,18). The van der Waals surface area contributed by atoms with Gasteiger partial charge >= 0.3 is 6.01 Å². The minimum atomic E-state index is 0.209. The number of aromatic nitrogens is 3. The number of nitrogens with one attached hydrogen (secondary N) is 1. The van der Waals surface area contributed by atoms with Crippen molar-refractivity contribution in [1.29, 1.82) is 0 Å². The summed E-state index contributed by atoms with van der Waals surface area (Å²) in [6.45, 7) is 1.98. The van der Waals surface area contributed by atoms with E-state index < -0.39 is 0 Å². The normalized spacial score (nSPS) is 10.1. The first kappa shape index (κ1) is 14.8. The van der Waals surface area contributed by atoms with Gasteiger partial charge in [-0.05, 0) is 24.6 Å². The van der Waals surface area contributed by atoms with Gasteiger partial charge in [-0.1, -0.05) is 6.07 Å². The average Bonchev–Trinajstić information content (AvgIpc) is 2.48. The minimum Gasteiger partial charge on any atom is -0.493 e. The first-order chi connectivity index (χ1) is 10.0. The van der Waals surface area contributed by atoms with Crippen molar-refractivity contribution in [2.45, 2.75) is 6.92 Å². The van der Waals surface area contributed by atoms with E-state index in [9.17, 15) is 0 Å². The van der Waals surface area contributed by atoms with Crippen LogP contribution in [0.1, 0.15) is 5.56 Å². The molecule has 7 heteroatoms. The number of methoxy groups -OCH3 is 1. The van der Waals surface area contributed by atoms with Gasteiger partial charge in [0.1, 0.15) is 0 Å². The summed E-state index contributed by atoms with van der Waals surface area (Å²) in [5, 5.41) is 2.89. The highest BCUT2D eigenvalue weighted by Crippen LogP contribution is 2.31. The number of anilines is 2. The van der Waals surface area contributed by atoms with Crippen LogP contribution >= 0.6 is 0 Å². The van der Waals surface area contributed by atoms with Gasteiger partial charge in [0.15, 0.2) is 11.5 Å². The van der Waals surface area contributed by atoms with E-state index in [0.717, 1.165) is 5.56 Å². The molecule has 7 nitrogen and oxygen atoms in total. The van der Waals surface area contributed by atoms with E-state index in [1.165, 1.54) is 0 Å². The predicted molar refractivity (Wildman–Crippen MR) is 81.5 cm³/mol. The average molecular weight is 289 g/mol. The Bertz CT molecular complexity index is 631. The Kier molecular flexibility index (Phi) is 4.42. The van der Waals surface area contributed by atoms with Gasteiger partial charge in [0.2, 0.25) is 11.9 Å². The van der Waals surface area contributed by atoms with Gasteiger partial charge in [-0.25, -0.2) is 0 Å². The van der Waals surface area contributed by atoms with Crippen LogP contribution in [0.2, 0.25) is 0 Å². The van der Waals surface area contributed by atoms with Crippen LogP contribution in [0.15, 0.2) is 18.2 Å². The summed E-state index contributed by atoms with van der Waals surface area (Å²) in [7, 11) is 7.04. The lowest BCUT2D eigenvalue weighted by atomic mass is 10.2. The molecular weight excluding hydrogens is 270 g/mol. The lowest BCUT2D eigenvalue weighted by molar-refractivity contribution is 0.367. The number of benzene rings is 1. The van der Waals surface area contributed by atoms with Crippen LogP contribution in [0.5, 0.6) is 17.5 Å². The quantitative estimate of drug-likeness (QED) is 0.903. The summed E-state index contributed by atoms with van der Waals surface area (Å²) in [4.78, 5) is 14.5. The third-order valence-electron chi connectivity index (χ3n) is 2.75. The SMILES string of the molecule is CNc1nc(Oc2ccc(C)cc2OC)nc(N(C)C)n1. The Balaban J connectivity index is 2.37. The molecule has 1 aromatic heterocycles. The van der Waals surface area contributed by atoms with Crippen LogP contribution in [0.25, 0.3) is 0 Å². The van der Waals surface area contributed by atoms with Crippen LogP contribution in [0.3, 0.4) is 0 Å². The van der Waals surface area contributed by atoms with E-state index in [-0.39, 0.29) is 6.01 Å². The van der Waals surface area contributed by atoms with Crippen LogP contribution in [-0.4, -0.2) is 43.2 Å². The Morgan fingerprint density at radius 2 is 1.86 bits per heavy atom. The van der Waals surface area contributed by atoms with Gasteiger partial charge in [-0.2, -0.15) is 15.0 Å². The van der Waals surface area contributed by atoms with E-state index in [1.807, 2.05) is 39.2 Å². The lowest BCUT2D eigenvalue weighted by Gasteiger charge is -2.14. The predicted octanol–water partition coefficient (Wildman–Crippen LogP) is 2.09. The Hall–Kier alpha value is -2.57. The van der Waals surface area contributed by atoms with Crippen molar-refractivity contribution < 1.29 is 9.47 Å². The fraction of sp³-hybridized carbons (Fsp3) is 0.357. The van der Waals surface area contributed by atoms with Gasteiger partial charge in [0.25, 0.3) is 0 Å². The fourth-order valence-corrected chi connectivity index (χ4v) is 1.66. The monoisotopic (exact) mass is 289 g/mol. The smallest absolute Gasteiger partial charge is 0.328 e. The van der Waals surface area contributed by atoms with Crippen molar-refractivity contribution in [3.63, 3.8) is 0 Å². The fourth-order valence-electron chi connectivity index (χ4n) is 1.66. The Morgan fingerprint density at radius 3 is 2.48 bits per heavy atom. The summed E-state index contributed by atoms with van der Waals surface area (Å²) in [5.41, 5.74) is 1.08. The zero-order valence-electron chi connectivity index (χ0n) is 12.8. The number of ether oxygens (including phenoxy) is 2. The highest BCUT2D eigenvalue weighted by atomic mass is 16.5. The molecule has 0 saturated carbocycles. The maximum atomic E-state index is 5.73. The van der Waals surface area contributed by atoms with E-state index in [4.69, 9.17) is 9.47 Å². The van der Waals surface area contributed by atoms with Crippen LogP contribution in [0.4, 0.5) is 11.9 Å². The van der Waals surface area contributed by atoms with Crippen LogP contribution in [0, 0.1) is 6.92 Å². The lowest BCUT2D eigenvalue weighted by Crippen LogP contribution is -2.15. The van der Waals surface area contributed by atoms with E-state index in [2.05, 4.69) is 20.3 Å². The highest BCUT2D eigenvalue weighted by molar-refractivity contribution is 5.45. The highest BCUT2D eigenvalue weighted by Gasteiger charge is 2.12. The molecule has 1 heterocycles. The van der Waals surface area contributed by atoms with Gasteiger partial charge in [-0.15, -0.1) is 0 Å². The Morgan fingerprint density at radius 1 is 1.10 bits per heavy atom. The molecule has 0 atom stereocenters. The molecule has 0 bridgehead atoms. The summed E-state index contributed by atoms with van der Waals surface area (Å²) >= 11 is 0. The largest absolute Gasteiger partial charge is 0.493 e. The van der Waals surface area contributed by atoms with Crippen molar-refractivity contribution in [2.24, 2.45) is 0 Å². The maximum Gasteiger partial charge on any atom is 0.328 e. The molecule has 21 heavy (non-hydrogen) atoms. The second kappa shape index (κ2) is 6.25. The van der Waals surface area contributed by atoms with Crippen molar-refractivity contribution in [1.82, 2.24) is 15.0 Å².